The molecule has 1 aliphatic rings. The summed E-state index contributed by atoms with van der Waals surface area (Å²) in [6.45, 7) is 5.41. The van der Waals surface area contributed by atoms with Crippen LogP contribution in [0.4, 0.5) is 0 Å². The van der Waals surface area contributed by atoms with E-state index in [1.165, 1.54) is 23.2 Å². The molecular formula is C14H21N3O4S. The highest BCUT2D eigenvalue weighted by Gasteiger charge is 2.41. The Balaban J connectivity index is 2.06. The number of nitrogens with zero attached hydrogens (tertiary/aromatic N) is 3. The third-order valence-electron chi connectivity index (χ3n) is 3.86. The van der Waals surface area contributed by atoms with Gasteiger partial charge in [-0.3, -0.25) is 9.59 Å². The van der Waals surface area contributed by atoms with Crippen molar-refractivity contribution in [2.24, 2.45) is 0 Å². The second-order valence-electron chi connectivity index (χ2n) is 6.43. The van der Waals surface area contributed by atoms with Gasteiger partial charge in [0, 0.05) is 25.4 Å². The average molecular weight is 327 g/mol. The zero-order valence-corrected chi connectivity index (χ0v) is 13.8. The van der Waals surface area contributed by atoms with Gasteiger partial charge in [0.1, 0.15) is 6.54 Å². The SMILES string of the molecule is CC(C)(C)S(=O)(=O)C1CCN(C(=O)Cn2ncccc2=O)C1. The summed E-state index contributed by atoms with van der Waals surface area (Å²) in [5.41, 5.74) is -0.353. The van der Waals surface area contributed by atoms with Gasteiger partial charge < -0.3 is 4.90 Å². The fourth-order valence-corrected chi connectivity index (χ4v) is 4.23. The highest BCUT2D eigenvalue weighted by atomic mass is 32.2. The van der Waals surface area contributed by atoms with Crippen LogP contribution in [0.5, 0.6) is 0 Å². The molecule has 1 aliphatic heterocycles. The highest BCUT2D eigenvalue weighted by molar-refractivity contribution is 7.93. The van der Waals surface area contributed by atoms with Gasteiger partial charge >= 0.3 is 0 Å². The van der Waals surface area contributed by atoms with Crippen LogP contribution in [0.15, 0.2) is 23.1 Å². The lowest BCUT2D eigenvalue weighted by Crippen LogP contribution is -2.41. The Morgan fingerprint density at radius 2 is 2.09 bits per heavy atom. The maximum absolute atomic E-state index is 12.4. The Bertz CT molecular complexity index is 718. The Morgan fingerprint density at radius 1 is 1.41 bits per heavy atom. The van der Waals surface area contributed by atoms with Crippen LogP contribution in [0.1, 0.15) is 27.2 Å². The summed E-state index contributed by atoms with van der Waals surface area (Å²) in [5.74, 6) is -0.285. The molecule has 1 saturated heterocycles. The summed E-state index contributed by atoms with van der Waals surface area (Å²) in [5, 5.41) is 3.29. The van der Waals surface area contributed by atoms with Crippen molar-refractivity contribution in [2.75, 3.05) is 13.1 Å². The molecule has 1 aromatic rings. The largest absolute Gasteiger partial charge is 0.340 e. The molecule has 1 unspecified atom stereocenters. The second-order valence-corrected chi connectivity index (χ2v) is 9.41. The quantitative estimate of drug-likeness (QED) is 0.783. The van der Waals surface area contributed by atoms with Gasteiger partial charge in [0.2, 0.25) is 5.91 Å². The minimum Gasteiger partial charge on any atom is -0.340 e. The van der Waals surface area contributed by atoms with E-state index in [4.69, 9.17) is 0 Å². The lowest BCUT2D eigenvalue weighted by Gasteiger charge is -2.24. The van der Waals surface area contributed by atoms with Gasteiger partial charge in [0.05, 0.1) is 10.00 Å². The number of aromatic nitrogens is 2. The molecule has 1 atom stereocenters. The molecule has 2 rings (SSSR count). The minimum atomic E-state index is -3.30. The van der Waals surface area contributed by atoms with Crippen molar-refractivity contribution in [1.82, 2.24) is 14.7 Å². The normalized spacial score (nSPS) is 19.4. The van der Waals surface area contributed by atoms with Crippen LogP contribution in [-0.4, -0.2) is 52.1 Å². The van der Waals surface area contributed by atoms with Gasteiger partial charge in [-0.05, 0) is 33.3 Å². The third kappa shape index (κ3) is 3.21. The lowest BCUT2D eigenvalue weighted by molar-refractivity contribution is -0.131. The van der Waals surface area contributed by atoms with E-state index in [2.05, 4.69) is 5.10 Å². The predicted molar refractivity (Wildman–Crippen MR) is 82.2 cm³/mol. The van der Waals surface area contributed by atoms with Gasteiger partial charge in [0.25, 0.3) is 5.56 Å². The molecule has 0 radical (unpaired) electrons. The first-order valence-corrected chi connectivity index (χ1v) is 8.71. The second kappa shape index (κ2) is 5.83. The van der Waals surface area contributed by atoms with Crippen molar-refractivity contribution in [3.63, 3.8) is 0 Å². The fourth-order valence-electron chi connectivity index (χ4n) is 2.44. The number of hydrogen-bond acceptors (Lipinski definition) is 5. The maximum atomic E-state index is 12.4. The Hall–Kier alpha value is -1.70. The van der Waals surface area contributed by atoms with Crippen molar-refractivity contribution < 1.29 is 13.2 Å². The van der Waals surface area contributed by atoms with Gasteiger partial charge in [-0.25, -0.2) is 13.1 Å². The average Bonchev–Trinajstić information content (AvgIpc) is 2.90. The molecule has 0 bridgehead atoms. The molecule has 0 N–H and O–H groups in total. The van der Waals surface area contributed by atoms with Crippen molar-refractivity contribution >= 4 is 15.7 Å². The Kier molecular flexibility index (Phi) is 4.42. The van der Waals surface area contributed by atoms with Crippen molar-refractivity contribution in [2.45, 2.75) is 43.7 Å². The molecule has 1 fully saturated rings. The van der Waals surface area contributed by atoms with E-state index in [1.54, 1.807) is 20.8 Å². The first-order valence-electron chi connectivity index (χ1n) is 7.16. The monoisotopic (exact) mass is 327 g/mol. The Morgan fingerprint density at radius 3 is 2.68 bits per heavy atom. The topological polar surface area (TPSA) is 89.3 Å². The van der Waals surface area contributed by atoms with E-state index >= 15 is 0 Å². The summed E-state index contributed by atoms with van der Waals surface area (Å²) in [6.07, 6.45) is 1.87. The van der Waals surface area contributed by atoms with Crippen LogP contribution in [0.25, 0.3) is 0 Å². The van der Waals surface area contributed by atoms with E-state index in [0.29, 0.717) is 13.0 Å². The summed E-state index contributed by atoms with van der Waals surface area (Å²) in [4.78, 5) is 25.3. The zero-order chi connectivity index (χ0) is 16.5. The summed E-state index contributed by atoms with van der Waals surface area (Å²) < 4.78 is 25.1. The first-order chi connectivity index (χ1) is 10.1. The molecule has 0 aromatic carbocycles. The maximum Gasteiger partial charge on any atom is 0.267 e. The molecule has 7 nitrogen and oxygen atoms in total. The molecule has 1 amide bonds. The predicted octanol–water partition coefficient (Wildman–Crippen LogP) is 0.0575. The number of amides is 1. The molecule has 122 valence electrons. The van der Waals surface area contributed by atoms with Crippen LogP contribution >= 0.6 is 0 Å². The number of rotatable bonds is 3. The highest BCUT2D eigenvalue weighted by Crippen LogP contribution is 2.27. The first kappa shape index (κ1) is 16.7. The van der Waals surface area contributed by atoms with Gasteiger partial charge in [0.15, 0.2) is 9.84 Å². The molecule has 0 saturated carbocycles. The van der Waals surface area contributed by atoms with Crippen LogP contribution in [-0.2, 0) is 21.2 Å². The van der Waals surface area contributed by atoms with E-state index in [9.17, 15) is 18.0 Å². The molecule has 8 heteroatoms. The van der Waals surface area contributed by atoms with E-state index in [0.717, 1.165) is 4.68 Å². The number of hydrogen-bond donors (Lipinski definition) is 0. The molecule has 22 heavy (non-hydrogen) atoms. The number of carbonyl (C=O) groups is 1. The smallest absolute Gasteiger partial charge is 0.267 e. The van der Waals surface area contributed by atoms with Crippen molar-refractivity contribution in [1.29, 1.82) is 0 Å². The third-order valence-corrected chi connectivity index (χ3v) is 6.83. The van der Waals surface area contributed by atoms with E-state index in [1.807, 2.05) is 0 Å². The van der Waals surface area contributed by atoms with Gasteiger partial charge in [-0.2, -0.15) is 5.10 Å². The standard InChI is InChI=1S/C14H21N3O4S/c1-14(2,3)22(20,21)11-6-8-16(9-11)13(19)10-17-12(18)5-4-7-15-17/h4-5,7,11H,6,8-10H2,1-3H3. The van der Waals surface area contributed by atoms with Gasteiger partial charge in [-0.1, -0.05) is 0 Å². The van der Waals surface area contributed by atoms with Crippen LogP contribution in [0.2, 0.25) is 0 Å². The van der Waals surface area contributed by atoms with E-state index < -0.39 is 19.8 Å². The van der Waals surface area contributed by atoms with Crippen molar-refractivity contribution in [3.05, 3.63) is 28.7 Å². The van der Waals surface area contributed by atoms with Crippen LogP contribution in [0.3, 0.4) is 0 Å². The molecular weight excluding hydrogens is 306 g/mol. The summed E-state index contributed by atoms with van der Waals surface area (Å²) in [6, 6.07) is 2.84. The number of carbonyl (C=O) groups excluding carboxylic acids is 1. The summed E-state index contributed by atoms with van der Waals surface area (Å²) >= 11 is 0. The molecule has 0 spiro atoms. The van der Waals surface area contributed by atoms with Crippen LogP contribution in [0, 0.1) is 0 Å². The zero-order valence-electron chi connectivity index (χ0n) is 13.0. The molecule has 1 aromatic heterocycles. The number of sulfone groups is 1. The number of likely N-dealkylation sites (tertiary alicyclic amines) is 1. The molecule has 0 aliphatic carbocycles. The fraction of sp³-hybridized carbons (Fsp3) is 0.643. The van der Waals surface area contributed by atoms with Gasteiger partial charge in [-0.15, -0.1) is 0 Å². The van der Waals surface area contributed by atoms with Crippen LogP contribution < -0.4 is 5.56 Å². The Labute approximate surface area is 129 Å². The summed E-state index contributed by atoms with van der Waals surface area (Å²) in [7, 11) is -3.30. The molecule has 2 heterocycles. The minimum absolute atomic E-state index is 0.165. The lowest BCUT2D eigenvalue weighted by atomic mass is 10.3. The van der Waals surface area contributed by atoms with E-state index in [-0.39, 0.29) is 24.6 Å². The van der Waals surface area contributed by atoms with Crippen molar-refractivity contribution in [3.8, 4) is 0 Å².